The van der Waals surface area contributed by atoms with Gasteiger partial charge in [0.1, 0.15) is 12.4 Å². The second-order valence-electron chi connectivity index (χ2n) is 9.10. The van der Waals surface area contributed by atoms with Gasteiger partial charge in [-0.05, 0) is 38.0 Å². The molecule has 0 aliphatic carbocycles. The summed E-state index contributed by atoms with van der Waals surface area (Å²) in [5.74, 6) is 3.43. The predicted octanol–water partition coefficient (Wildman–Crippen LogP) is 4.39. The Labute approximate surface area is 178 Å². The molecule has 0 spiro atoms. The Hall–Kier alpha value is -2.88. The number of ether oxygens (including phenoxy) is 1. The first kappa shape index (κ1) is 21.8. The lowest BCUT2D eigenvalue weighted by atomic mass is 9.92. The fourth-order valence-corrected chi connectivity index (χ4v) is 3.47. The van der Waals surface area contributed by atoms with Crippen LogP contribution in [0.1, 0.15) is 53.4 Å². The number of carbonyl (C=O) groups excluding carboxylic acids is 2. The number of hydrogen-bond donors (Lipinski definition) is 1. The molecule has 0 unspecified atom stereocenters. The minimum absolute atomic E-state index is 0.0193. The summed E-state index contributed by atoms with van der Waals surface area (Å²) >= 11 is 0. The molecule has 0 saturated carbocycles. The van der Waals surface area contributed by atoms with Crippen LogP contribution in [0.3, 0.4) is 0 Å². The van der Waals surface area contributed by atoms with E-state index in [0.29, 0.717) is 61.9 Å². The van der Waals surface area contributed by atoms with Gasteiger partial charge in [0.15, 0.2) is 5.66 Å². The fraction of sp³-hybridized carbons (Fsp3) is 0.565. The molecule has 2 aliphatic rings. The molecule has 0 bridgehead atoms. The number of fused-ring (bicyclic) bond motifs is 1. The molecule has 1 aromatic rings. The van der Waals surface area contributed by atoms with Crippen LogP contribution in [0.5, 0.6) is 5.75 Å². The van der Waals surface area contributed by atoms with E-state index in [2.05, 4.69) is 35.3 Å². The Morgan fingerprint density at radius 1 is 1.33 bits per heavy atom. The van der Waals surface area contributed by atoms with Crippen LogP contribution >= 0.6 is 0 Å². The summed E-state index contributed by atoms with van der Waals surface area (Å²) in [7, 11) is 0. The molecule has 30 heavy (non-hydrogen) atoms. The average Bonchev–Trinajstić information content (AvgIpc) is 3.48. The average molecular weight is 411 g/mol. The van der Waals surface area contributed by atoms with Gasteiger partial charge in [-0.25, -0.2) is 0 Å². The molecule has 2 heterocycles. The summed E-state index contributed by atoms with van der Waals surface area (Å²) < 4.78 is 5.93. The Morgan fingerprint density at radius 2 is 2.07 bits per heavy atom. The first-order valence-electron chi connectivity index (χ1n) is 10.4. The van der Waals surface area contributed by atoms with Gasteiger partial charge in [-0.1, -0.05) is 13.8 Å². The molecule has 0 aromatic heterocycles. The van der Waals surface area contributed by atoms with E-state index in [0.717, 1.165) is 0 Å². The van der Waals surface area contributed by atoms with Gasteiger partial charge in [-0.2, -0.15) is 10.2 Å². The Morgan fingerprint density at radius 3 is 2.70 bits per heavy atom. The van der Waals surface area contributed by atoms with E-state index in [9.17, 15) is 9.59 Å². The van der Waals surface area contributed by atoms with Crippen LogP contribution in [0.15, 0.2) is 28.4 Å². The maximum Gasteiger partial charge on any atom is 0.236 e. The molecule has 2 aliphatic heterocycles. The zero-order valence-electron chi connectivity index (χ0n) is 18.2. The van der Waals surface area contributed by atoms with Crippen molar-refractivity contribution in [3.8, 4) is 18.1 Å². The predicted molar refractivity (Wildman–Crippen MR) is 116 cm³/mol. The fourth-order valence-electron chi connectivity index (χ4n) is 3.47. The number of hydrogen-bond acceptors (Lipinski definition) is 5. The first-order valence-corrected chi connectivity index (χ1v) is 10.4. The van der Waals surface area contributed by atoms with Crippen molar-refractivity contribution in [3.05, 3.63) is 18.2 Å². The van der Waals surface area contributed by atoms with Crippen LogP contribution in [0.4, 0.5) is 11.4 Å². The van der Waals surface area contributed by atoms with Crippen molar-refractivity contribution in [2.24, 2.45) is 21.6 Å². The molecule has 0 radical (unpaired) electrons. The summed E-state index contributed by atoms with van der Waals surface area (Å²) in [6.07, 6.45) is 7.41. The number of nitrogens with one attached hydrogen (secondary N) is 1. The highest BCUT2D eigenvalue weighted by Crippen LogP contribution is 2.39. The lowest BCUT2D eigenvalue weighted by Gasteiger charge is -2.29. The largest absolute Gasteiger partial charge is 0.490 e. The van der Waals surface area contributed by atoms with E-state index in [-0.39, 0.29) is 11.8 Å². The van der Waals surface area contributed by atoms with Gasteiger partial charge in [-0.15, -0.1) is 12.3 Å². The molecule has 3 rings (SSSR count). The topological polar surface area (TPSA) is 83.4 Å². The molecule has 1 aromatic carbocycles. The minimum atomic E-state index is -0.624. The molecule has 1 N–H and O–H groups in total. The molecule has 7 nitrogen and oxygen atoms in total. The summed E-state index contributed by atoms with van der Waals surface area (Å²) in [6.45, 7) is 8.81. The van der Waals surface area contributed by atoms with Crippen LogP contribution in [0, 0.1) is 23.7 Å². The molecule has 0 saturated heterocycles. The highest BCUT2D eigenvalue weighted by Gasteiger charge is 2.40. The van der Waals surface area contributed by atoms with Crippen molar-refractivity contribution >= 4 is 23.2 Å². The van der Waals surface area contributed by atoms with E-state index >= 15 is 0 Å². The highest BCUT2D eigenvalue weighted by molar-refractivity contribution is 6.00. The number of terminal acetylenes is 1. The van der Waals surface area contributed by atoms with E-state index in [1.807, 2.05) is 26.0 Å². The maximum absolute atomic E-state index is 13.1. The number of anilines is 2. The third-order valence-electron chi connectivity index (χ3n) is 5.30. The number of benzene rings is 1. The van der Waals surface area contributed by atoms with Gasteiger partial charge in [0.2, 0.25) is 11.8 Å². The van der Waals surface area contributed by atoms with Crippen LogP contribution in [0.2, 0.25) is 0 Å². The molecular formula is C23H30N4O3. The second-order valence-corrected chi connectivity index (χ2v) is 9.10. The lowest BCUT2D eigenvalue weighted by molar-refractivity contribution is -0.127. The van der Waals surface area contributed by atoms with Gasteiger partial charge in [0.25, 0.3) is 0 Å². The van der Waals surface area contributed by atoms with Gasteiger partial charge in [0.05, 0.1) is 11.1 Å². The van der Waals surface area contributed by atoms with Crippen LogP contribution < -0.4 is 15.0 Å². The van der Waals surface area contributed by atoms with Crippen LogP contribution in [-0.2, 0) is 9.59 Å². The first-order chi connectivity index (χ1) is 14.2. The monoisotopic (exact) mass is 410 g/mol. The lowest BCUT2D eigenvalue weighted by Crippen LogP contribution is -2.43. The summed E-state index contributed by atoms with van der Waals surface area (Å²) in [6, 6.07) is 5.43. The number of amides is 2. The summed E-state index contributed by atoms with van der Waals surface area (Å²) in [5.41, 5.74) is 0.222. The third kappa shape index (κ3) is 4.99. The molecule has 0 atom stereocenters. The van der Waals surface area contributed by atoms with Crippen molar-refractivity contribution in [2.75, 3.05) is 23.4 Å². The van der Waals surface area contributed by atoms with Gasteiger partial charge in [-0.3, -0.25) is 9.59 Å². The highest BCUT2D eigenvalue weighted by atomic mass is 16.5. The smallest absolute Gasteiger partial charge is 0.236 e. The molecule has 7 heteroatoms. The number of carbonyl (C=O) groups is 2. The van der Waals surface area contributed by atoms with Crippen LogP contribution in [-0.4, -0.2) is 30.6 Å². The third-order valence-corrected chi connectivity index (χ3v) is 5.30. The zero-order chi connectivity index (χ0) is 21.9. The Bertz CT molecular complexity index is 892. The summed E-state index contributed by atoms with van der Waals surface area (Å²) in [5, 5.41) is 11.1. The van der Waals surface area contributed by atoms with Crippen molar-refractivity contribution in [2.45, 2.75) is 59.0 Å². The Kier molecular flexibility index (Phi) is 6.16. The van der Waals surface area contributed by atoms with Gasteiger partial charge in [0, 0.05) is 37.9 Å². The summed E-state index contributed by atoms with van der Waals surface area (Å²) in [4.78, 5) is 27.4. The van der Waals surface area contributed by atoms with Crippen molar-refractivity contribution in [1.29, 1.82) is 0 Å². The molecule has 160 valence electrons. The van der Waals surface area contributed by atoms with Crippen LogP contribution in [0.25, 0.3) is 0 Å². The second kappa shape index (κ2) is 8.47. The molecular weight excluding hydrogens is 380 g/mol. The van der Waals surface area contributed by atoms with E-state index in [1.54, 1.807) is 11.0 Å². The van der Waals surface area contributed by atoms with E-state index < -0.39 is 11.1 Å². The normalized spacial score (nSPS) is 18.3. The standard InChI is InChI=1S/C23H30N4O3/c1-6-7-11-23(25-26-23)12-10-20(28)24-17-8-9-19-18(13-17)27(14-16(2)3)21(29)22(4,5)15-30-19/h1,8-9,13,16H,7,10-12,14-15H2,2-5H3,(H,24,28). The Balaban J connectivity index is 1.72. The quantitative estimate of drug-likeness (QED) is 0.645. The van der Waals surface area contributed by atoms with Crippen molar-refractivity contribution in [3.63, 3.8) is 0 Å². The molecule has 0 fully saturated rings. The number of nitrogens with zero attached hydrogens (tertiary/aromatic N) is 3. The zero-order valence-corrected chi connectivity index (χ0v) is 18.2. The SMILES string of the molecule is C#CCCC1(CCC(=O)Nc2ccc3c(c2)N(CC(C)C)C(=O)C(C)(C)CO3)N=N1. The maximum atomic E-state index is 13.1. The molecule has 2 amide bonds. The van der Waals surface area contributed by atoms with E-state index in [1.165, 1.54) is 0 Å². The number of rotatable bonds is 8. The van der Waals surface area contributed by atoms with Crippen molar-refractivity contribution < 1.29 is 14.3 Å². The van der Waals surface area contributed by atoms with Gasteiger partial charge >= 0.3 is 0 Å². The van der Waals surface area contributed by atoms with Gasteiger partial charge < -0.3 is 15.0 Å². The van der Waals surface area contributed by atoms with Crippen molar-refractivity contribution in [1.82, 2.24) is 0 Å². The minimum Gasteiger partial charge on any atom is -0.490 e. The van der Waals surface area contributed by atoms with E-state index in [4.69, 9.17) is 11.2 Å².